The van der Waals surface area contributed by atoms with Gasteiger partial charge in [0.2, 0.25) is 11.6 Å². The minimum absolute atomic E-state index is 0.109. The minimum Gasteiger partial charge on any atom is -0.348 e. The van der Waals surface area contributed by atoms with Gasteiger partial charge in [0.15, 0.2) is 0 Å². The van der Waals surface area contributed by atoms with Crippen molar-refractivity contribution in [2.45, 2.75) is 6.92 Å². The van der Waals surface area contributed by atoms with Gasteiger partial charge in [-0.3, -0.25) is 10.1 Å². The third-order valence-electron chi connectivity index (χ3n) is 4.21. The fourth-order valence-electron chi connectivity index (χ4n) is 2.81. The number of nitrogens with one attached hydrogen (secondary N) is 1. The van der Waals surface area contributed by atoms with Crippen LogP contribution in [-0.4, -0.2) is 52.5 Å². The third-order valence-corrected chi connectivity index (χ3v) is 4.46. The molecule has 2 heterocycles. The van der Waals surface area contributed by atoms with Gasteiger partial charge in [0.25, 0.3) is 0 Å². The second-order valence-corrected chi connectivity index (χ2v) is 6.14. The van der Waals surface area contributed by atoms with E-state index in [0.29, 0.717) is 29.6 Å². The lowest BCUT2D eigenvalue weighted by molar-refractivity contribution is -0.383. The molecule has 0 spiro atoms. The van der Waals surface area contributed by atoms with Crippen molar-refractivity contribution < 1.29 is 4.92 Å². The lowest BCUT2D eigenvalue weighted by atomic mass is 10.2. The van der Waals surface area contributed by atoms with E-state index in [1.165, 1.54) is 6.33 Å². The summed E-state index contributed by atoms with van der Waals surface area (Å²) in [4.78, 5) is 23.7. The number of halogens is 1. The SMILES string of the molecule is CCN1CCN(c2ncnc(Nc3ccc(Cl)cc3)c2[N+](=O)[O-])CC1. The molecule has 1 N–H and O–H groups in total. The van der Waals surface area contributed by atoms with Gasteiger partial charge in [0.1, 0.15) is 6.33 Å². The van der Waals surface area contributed by atoms with Gasteiger partial charge in [0.05, 0.1) is 4.92 Å². The maximum atomic E-state index is 11.7. The first-order chi connectivity index (χ1) is 12.1. The Morgan fingerprint density at radius 2 is 1.88 bits per heavy atom. The number of piperazine rings is 1. The zero-order valence-corrected chi connectivity index (χ0v) is 14.6. The highest BCUT2D eigenvalue weighted by Crippen LogP contribution is 2.34. The van der Waals surface area contributed by atoms with Crippen LogP contribution >= 0.6 is 11.6 Å². The largest absolute Gasteiger partial charge is 0.353 e. The van der Waals surface area contributed by atoms with Gasteiger partial charge in [-0.15, -0.1) is 0 Å². The summed E-state index contributed by atoms with van der Waals surface area (Å²) in [5.41, 5.74) is 0.565. The number of nitrogens with zero attached hydrogens (tertiary/aromatic N) is 5. The summed E-state index contributed by atoms with van der Waals surface area (Å²) >= 11 is 5.87. The van der Waals surface area contributed by atoms with Crippen LogP contribution in [0.15, 0.2) is 30.6 Å². The second kappa shape index (κ2) is 7.62. The molecule has 3 rings (SSSR count). The van der Waals surface area contributed by atoms with E-state index >= 15 is 0 Å². The van der Waals surface area contributed by atoms with Gasteiger partial charge < -0.3 is 15.1 Å². The molecule has 1 aliphatic heterocycles. The maximum Gasteiger partial charge on any atom is 0.353 e. The molecule has 1 aliphatic rings. The molecule has 9 heteroatoms. The number of anilines is 3. The van der Waals surface area contributed by atoms with Gasteiger partial charge >= 0.3 is 5.69 Å². The molecule has 25 heavy (non-hydrogen) atoms. The van der Waals surface area contributed by atoms with Crippen molar-refractivity contribution in [3.63, 3.8) is 0 Å². The predicted molar refractivity (Wildman–Crippen MR) is 97.7 cm³/mol. The summed E-state index contributed by atoms with van der Waals surface area (Å²) in [6, 6.07) is 6.91. The zero-order valence-electron chi connectivity index (χ0n) is 13.9. The average Bonchev–Trinajstić information content (AvgIpc) is 2.63. The molecule has 1 fully saturated rings. The van der Waals surface area contributed by atoms with Crippen LogP contribution in [0.1, 0.15) is 6.92 Å². The number of benzene rings is 1. The first-order valence-corrected chi connectivity index (χ1v) is 8.45. The molecule has 132 valence electrons. The summed E-state index contributed by atoms with van der Waals surface area (Å²) in [6.45, 7) is 6.20. The molecule has 0 amide bonds. The molecule has 0 unspecified atom stereocenters. The summed E-state index contributed by atoms with van der Waals surface area (Å²) in [5, 5.41) is 15.3. The molecular weight excluding hydrogens is 344 g/mol. The van der Waals surface area contributed by atoms with E-state index in [4.69, 9.17) is 11.6 Å². The smallest absolute Gasteiger partial charge is 0.348 e. The molecule has 1 saturated heterocycles. The molecule has 8 nitrogen and oxygen atoms in total. The molecule has 0 radical (unpaired) electrons. The summed E-state index contributed by atoms with van der Waals surface area (Å²) in [5.74, 6) is 0.530. The summed E-state index contributed by atoms with van der Waals surface area (Å²) in [7, 11) is 0. The van der Waals surface area contributed by atoms with Gasteiger partial charge in [-0.25, -0.2) is 9.97 Å². The van der Waals surface area contributed by atoms with Crippen molar-refractivity contribution in [2.24, 2.45) is 0 Å². The lowest BCUT2D eigenvalue weighted by Crippen LogP contribution is -2.46. The monoisotopic (exact) mass is 362 g/mol. The van der Waals surface area contributed by atoms with E-state index in [1.807, 2.05) is 4.90 Å². The quantitative estimate of drug-likeness (QED) is 0.646. The molecule has 2 aromatic rings. The average molecular weight is 363 g/mol. The highest BCUT2D eigenvalue weighted by molar-refractivity contribution is 6.30. The number of nitro groups is 1. The fourth-order valence-corrected chi connectivity index (χ4v) is 2.93. The van der Waals surface area contributed by atoms with Crippen LogP contribution in [-0.2, 0) is 0 Å². The molecule has 1 aromatic heterocycles. The number of hydrogen-bond acceptors (Lipinski definition) is 7. The fraction of sp³-hybridized carbons (Fsp3) is 0.375. The molecular formula is C16H19ClN6O2. The van der Waals surface area contributed by atoms with Crippen molar-refractivity contribution in [3.05, 3.63) is 45.7 Å². The van der Waals surface area contributed by atoms with Crippen LogP contribution in [0.3, 0.4) is 0 Å². The second-order valence-electron chi connectivity index (χ2n) is 5.70. The highest BCUT2D eigenvalue weighted by atomic mass is 35.5. The molecule has 0 saturated carbocycles. The summed E-state index contributed by atoms with van der Waals surface area (Å²) < 4.78 is 0. The zero-order chi connectivity index (χ0) is 17.8. The highest BCUT2D eigenvalue weighted by Gasteiger charge is 2.29. The van der Waals surface area contributed by atoms with Crippen molar-refractivity contribution in [2.75, 3.05) is 42.9 Å². The van der Waals surface area contributed by atoms with E-state index < -0.39 is 4.92 Å². The number of hydrogen-bond donors (Lipinski definition) is 1. The number of aromatic nitrogens is 2. The van der Waals surface area contributed by atoms with Crippen molar-refractivity contribution >= 4 is 34.6 Å². The Hall–Kier alpha value is -2.45. The first kappa shape index (κ1) is 17.4. The van der Waals surface area contributed by atoms with E-state index in [9.17, 15) is 10.1 Å². The minimum atomic E-state index is -0.431. The molecule has 1 aromatic carbocycles. The Bertz CT molecular complexity index is 747. The Morgan fingerprint density at radius 3 is 2.48 bits per heavy atom. The van der Waals surface area contributed by atoms with Crippen molar-refractivity contribution in [1.29, 1.82) is 0 Å². The maximum absolute atomic E-state index is 11.7. The van der Waals surface area contributed by atoms with E-state index in [-0.39, 0.29) is 11.5 Å². The van der Waals surface area contributed by atoms with Crippen LogP contribution in [0.4, 0.5) is 23.0 Å². The van der Waals surface area contributed by atoms with E-state index in [1.54, 1.807) is 24.3 Å². The van der Waals surface area contributed by atoms with Gasteiger partial charge in [-0.1, -0.05) is 18.5 Å². The predicted octanol–water partition coefficient (Wildman–Crippen LogP) is 2.92. The third kappa shape index (κ3) is 3.97. The van der Waals surface area contributed by atoms with Gasteiger partial charge in [-0.2, -0.15) is 0 Å². The van der Waals surface area contributed by atoms with Crippen LogP contribution in [0.2, 0.25) is 5.02 Å². The van der Waals surface area contributed by atoms with Crippen LogP contribution < -0.4 is 10.2 Å². The number of rotatable bonds is 5. The standard InChI is InChI=1S/C16H19ClN6O2/c1-2-21-7-9-22(10-8-21)16-14(23(24)25)15(18-11-19-16)20-13-5-3-12(17)4-6-13/h3-6,11H,2,7-10H2,1H3,(H,18,19,20). The Morgan fingerprint density at radius 1 is 1.20 bits per heavy atom. The Balaban J connectivity index is 1.89. The van der Waals surface area contributed by atoms with Crippen LogP contribution in [0.25, 0.3) is 0 Å². The van der Waals surface area contributed by atoms with E-state index in [0.717, 1.165) is 19.6 Å². The molecule has 0 aliphatic carbocycles. The Kier molecular flexibility index (Phi) is 5.30. The topological polar surface area (TPSA) is 87.4 Å². The molecule has 0 bridgehead atoms. The van der Waals surface area contributed by atoms with Crippen LogP contribution in [0, 0.1) is 10.1 Å². The lowest BCUT2D eigenvalue weighted by Gasteiger charge is -2.34. The van der Waals surface area contributed by atoms with Crippen molar-refractivity contribution in [1.82, 2.24) is 14.9 Å². The molecule has 0 atom stereocenters. The normalized spacial score (nSPS) is 15.2. The first-order valence-electron chi connectivity index (χ1n) is 8.07. The van der Waals surface area contributed by atoms with Crippen LogP contribution in [0.5, 0.6) is 0 Å². The van der Waals surface area contributed by atoms with Gasteiger partial charge in [-0.05, 0) is 30.8 Å². The summed E-state index contributed by atoms with van der Waals surface area (Å²) in [6.07, 6.45) is 1.35. The Labute approximate surface area is 150 Å². The number of likely N-dealkylation sites (N-methyl/N-ethyl adjacent to an activating group) is 1. The van der Waals surface area contributed by atoms with Crippen molar-refractivity contribution in [3.8, 4) is 0 Å². The van der Waals surface area contributed by atoms with Gasteiger partial charge in [0, 0.05) is 36.9 Å². The van der Waals surface area contributed by atoms with E-state index in [2.05, 4.69) is 27.1 Å².